The third-order valence-corrected chi connectivity index (χ3v) is 15.3. The molecule has 2 aromatic heterocycles. The zero-order valence-electron chi connectivity index (χ0n) is 38.2. The molecule has 3 heteroatoms. The van der Waals surface area contributed by atoms with Crippen LogP contribution >= 0.6 is 0 Å². The Kier molecular flexibility index (Phi) is 8.28. The van der Waals surface area contributed by atoms with Crippen LogP contribution in [0.4, 0.5) is 17.1 Å². The minimum absolute atomic E-state index is 0.585. The van der Waals surface area contributed by atoms with Crippen LogP contribution in [0.2, 0.25) is 0 Å². The van der Waals surface area contributed by atoms with Gasteiger partial charge in [0.25, 0.3) is 0 Å². The Morgan fingerprint density at radius 3 is 1.50 bits per heavy atom. The van der Waals surface area contributed by atoms with Gasteiger partial charge in [0.2, 0.25) is 0 Å². The molecule has 0 atom stereocenters. The van der Waals surface area contributed by atoms with Gasteiger partial charge in [0.15, 0.2) is 0 Å². The number of aromatic nitrogens is 2. The molecule has 1 spiro atoms. The van der Waals surface area contributed by atoms with Gasteiger partial charge >= 0.3 is 0 Å². The van der Waals surface area contributed by atoms with Crippen LogP contribution in [-0.4, -0.2) is 9.13 Å². The molecule has 13 aromatic rings. The summed E-state index contributed by atoms with van der Waals surface area (Å²) in [6.45, 7) is 0. The van der Waals surface area contributed by atoms with Gasteiger partial charge in [-0.15, -0.1) is 0 Å². The summed E-state index contributed by atoms with van der Waals surface area (Å²) in [5, 5.41) is 4.97. The molecule has 0 saturated carbocycles. The van der Waals surface area contributed by atoms with Crippen LogP contribution < -0.4 is 4.90 Å². The quantitative estimate of drug-likeness (QED) is 0.162. The average molecular weight is 890 g/mol. The van der Waals surface area contributed by atoms with Gasteiger partial charge in [0, 0.05) is 44.2 Å². The third kappa shape index (κ3) is 5.34. The first-order valence-corrected chi connectivity index (χ1v) is 24.3. The number of para-hydroxylation sites is 5. The molecule has 0 N–H and O–H groups in total. The van der Waals surface area contributed by atoms with E-state index >= 15 is 0 Å². The highest BCUT2D eigenvalue weighted by molar-refractivity contribution is 6.15. The van der Waals surface area contributed by atoms with Crippen LogP contribution in [0.1, 0.15) is 22.3 Å². The molecule has 0 bridgehead atoms. The maximum Gasteiger partial charge on any atom is 0.0755 e. The largest absolute Gasteiger partial charge is 0.310 e. The minimum Gasteiger partial charge on any atom is -0.310 e. The Bertz CT molecular complexity index is 4150. The molecule has 326 valence electrons. The molecule has 1 aliphatic carbocycles. The summed E-state index contributed by atoms with van der Waals surface area (Å²) in [7, 11) is 0. The summed E-state index contributed by atoms with van der Waals surface area (Å²) < 4.78 is 4.95. The first-order valence-electron chi connectivity index (χ1n) is 24.3. The fourth-order valence-electron chi connectivity index (χ4n) is 12.5. The Morgan fingerprint density at radius 1 is 0.300 bits per heavy atom. The fourth-order valence-corrected chi connectivity index (χ4v) is 12.5. The smallest absolute Gasteiger partial charge is 0.0755 e. The number of nitrogens with zero attached hydrogens (tertiary/aromatic N) is 3. The maximum atomic E-state index is 2.54. The fraction of sp³-hybridized carbons (Fsp3) is 0.0149. The summed E-state index contributed by atoms with van der Waals surface area (Å²) in [6.07, 6.45) is 0. The first kappa shape index (κ1) is 38.9. The van der Waals surface area contributed by atoms with E-state index in [1.165, 1.54) is 93.8 Å². The van der Waals surface area contributed by atoms with E-state index in [1.807, 2.05) is 0 Å². The van der Waals surface area contributed by atoms with E-state index < -0.39 is 5.41 Å². The normalized spacial score (nSPS) is 13.0. The van der Waals surface area contributed by atoms with E-state index in [9.17, 15) is 0 Å². The van der Waals surface area contributed by atoms with Gasteiger partial charge in [-0.3, -0.25) is 0 Å². The Morgan fingerprint density at radius 2 is 0.814 bits per heavy atom. The van der Waals surface area contributed by atoms with E-state index in [2.05, 4.69) is 275 Å². The molecular formula is C67H43N3. The van der Waals surface area contributed by atoms with Gasteiger partial charge in [0.1, 0.15) is 0 Å². The van der Waals surface area contributed by atoms with Crippen molar-refractivity contribution in [3.63, 3.8) is 0 Å². The first-order chi connectivity index (χ1) is 34.8. The SMILES string of the molecule is c1ccc(-c2cccc(-c3ccccc3N(c3ccc(-n4c5ccccc5c5ccccc54)cc3)c3cc4c5c(c3)c3ccccc3n5-c3ccccc3C43c4ccccc4-c4ccccc43)c2)cc1. The zero-order chi connectivity index (χ0) is 45.9. The molecule has 15 rings (SSSR count). The summed E-state index contributed by atoms with van der Waals surface area (Å²) in [4.78, 5) is 2.52. The average Bonchev–Trinajstić information content (AvgIpc) is 4.06. The summed E-state index contributed by atoms with van der Waals surface area (Å²) in [6, 6.07) is 96.8. The summed E-state index contributed by atoms with van der Waals surface area (Å²) >= 11 is 0. The van der Waals surface area contributed by atoms with Crippen LogP contribution in [0.25, 0.3) is 88.4 Å². The van der Waals surface area contributed by atoms with E-state index in [0.29, 0.717) is 0 Å². The van der Waals surface area contributed by atoms with E-state index in [1.54, 1.807) is 0 Å². The van der Waals surface area contributed by atoms with Crippen molar-refractivity contribution < 1.29 is 0 Å². The highest BCUT2D eigenvalue weighted by Gasteiger charge is 2.51. The van der Waals surface area contributed by atoms with Gasteiger partial charge in [-0.25, -0.2) is 0 Å². The van der Waals surface area contributed by atoms with E-state index in [-0.39, 0.29) is 0 Å². The molecule has 0 saturated heterocycles. The summed E-state index contributed by atoms with van der Waals surface area (Å²) in [5.41, 5.74) is 22.4. The number of rotatable bonds is 6. The molecule has 11 aromatic carbocycles. The third-order valence-electron chi connectivity index (χ3n) is 15.3. The molecular weight excluding hydrogens is 847 g/mol. The maximum absolute atomic E-state index is 2.54. The second kappa shape index (κ2) is 14.9. The standard InChI is InChI=1S/C67H43N3/c1-2-19-44(20-3-1)45-21-18-22-46(41-45)50-23-6-13-32-61(50)68(47-37-39-48(40-38-47)69-62-33-14-7-26-53(62)54-27-8-15-34-63(54)69)49-42-56-55-28-9-16-35-64(55)70-65-36-17-12-31-59(65)67(60(43-49)66(56)70)57-29-10-4-24-51(57)52-25-5-11-30-58(52)67/h1-43H. The monoisotopic (exact) mass is 889 g/mol. The second-order valence-corrected chi connectivity index (χ2v) is 18.8. The van der Waals surface area contributed by atoms with Gasteiger partial charge in [-0.1, -0.05) is 188 Å². The van der Waals surface area contributed by atoms with Gasteiger partial charge in [0.05, 0.1) is 38.9 Å². The van der Waals surface area contributed by atoms with E-state index in [0.717, 1.165) is 33.9 Å². The lowest BCUT2D eigenvalue weighted by Crippen LogP contribution is -2.33. The van der Waals surface area contributed by atoms with Gasteiger partial charge in [-0.05, 0) is 123 Å². The number of hydrogen-bond donors (Lipinski definition) is 0. The molecule has 3 nitrogen and oxygen atoms in total. The van der Waals surface area contributed by atoms with Crippen molar-refractivity contribution in [2.75, 3.05) is 4.90 Å². The lowest BCUT2D eigenvalue weighted by atomic mass is 9.65. The second-order valence-electron chi connectivity index (χ2n) is 18.8. The topological polar surface area (TPSA) is 13.1 Å². The van der Waals surface area contributed by atoms with Crippen molar-refractivity contribution in [1.82, 2.24) is 9.13 Å². The minimum atomic E-state index is -0.585. The lowest BCUT2D eigenvalue weighted by molar-refractivity contribution is 0.748. The molecule has 70 heavy (non-hydrogen) atoms. The van der Waals surface area contributed by atoms with Gasteiger partial charge in [-0.2, -0.15) is 0 Å². The number of hydrogen-bond acceptors (Lipinski definition) is 1. The van der Waals surface area contributed by atoms with Crippen LogP contribution in [0.5, 0.6) is 0 Å². The van der Waals surface area contributed by atoms with Crippen molar-refractivity contribution in [3.05, 3.63) is 283 Å². The molecule has 3 heterocycles. The van der Waals surface area contributed by atoms with Crippen molar-refractivity contribution >= 4 is 60.7 Å². The Balaban J connectivity index is 1.04. The van der Waals surface area contributed by atoms with Crippen LogP contribution in [-0.2, 0) is 5.41 Å². The van der Waals surface area contributed by atoms with Gasteiger partial charge < -0.3 is 14.0 Å². The highest BCUT2D eigenvalue weighted by Crippen LogP contribution is 2.62. The zero-order valence-corrected chi connectivity index (χ0v) is 38.2. The Labute approximate surface area is 406 Å². The molecule has 0 radical (unpaired) electrons. The molecule has 0 amide bonds. The highest BCUT2D eigenvalue weighted by atomic mass is 15.1. The van der Waals surface area contributed by atoms with Crippen LogP contribution in [0.3, 0.4) is 0 Å². The molecule has 0 unspecified atom stereocenters. The lowest BCUT2D eigenvalue weighted by Gasteiger charge is -2.40. The predicted molar refractivity (Wildman–Crippen MR) is 292 cm³/mol. The predicted octanol–water partition coefficient (Wildman–Crippen LogP) is 17.4. The summed E-state index contributed by atoms with van der Waals surface area (Å²) in [5.74, 6) is 0. The van der Waals surface area contributed by atoms with Crippen molar-refractivity contribution in [3.8, 4) is 44.8 Å². The molecule has 1 aliphatic heterocycles. The van der Waals surface area contributed by atoms with Crippen LogP contribution in [0, 0.1) is 0 Å². The van der Waals surface area contributed by atoms with Crippen molar-refractivity contribution in [2.45, 2.75) is 5.41 Å². The van der Waals surface area contributed by atoms with Crippen molar-refractivity contribution in [1.29, 1.82) is 0 Å². The number of fused-ring (bicyclic) bond motifs is 15. The molecule has 0 fully saturated rings. The molecule has 2 aliphatic rings. The number of anilines is 3. The van der Waals surface area contributed by atoms with E-state index in [4.69, 9.17) is 0 Å². The number of benzene rings is 11. The van der Waals surface area contributed by atoms with Crippen LogP contribution in [0.15, 0.2) is 261 Å². The van der Waals surface area contributed by atoms with Crippen molar-refractivity contribution in [2.24, 2.45) is 0 Å². The Hall–Kier alpha value is -9.18.